The van der Waals surface area contributed by atoms with Gasteiger partial charge in [-0.1, -0.05) is 37.3 Å². The second-order valence-electron chi connectivity index (χ2n) is 4.11. The van der Waals surface area contributed by atoms with E-state index in [9.17, 15) is 4.79 Å². The molecule has 0 saturated heterocycles. The molecular weight excluding hydrogens is 228 g/mol. The van der Waals surface area contributed by atoms with Crippen LogP contribution in [0.15, 0.2) is 30.3 Å². The largest absolute Gasteiger partial charge is 0.464 e. The second kappa shape index (κ2) is 8.70. The maximum Gasteiger partial charge on any atom is 0.335 e. The summed E-state index contributed by atoms with van der Waals surface area (Å²) in [6.07, 6.45) is 2.13. The van der Waals surface area contributed by atoms with Gasteiger partial charge >= 0.3 is 5.97 Å². The molecule has 0 aliphatic rings. The highest BCUT2D eigenvalue weighted by atomic mass is 16.6. The number of ether oxygens (including phenoxy) is 2. The Hall–Kier alpha value is -1.35. The highest BCUT2D eigenvalue weighted by Crippen LogP contribution is 2.06. The smallest absolute Gasteiger partial charge is 0.335 e. The molecule has 1 atom stereocenters. The van der Waals surface area contributed by atoms with Crippen molar-refractivity contribution in [3.05, 3.63) is 35.9 Å². The number of aryl methyl sites for hydroxylation is 1. The normalized spacial score (nSPS) is 12.1. The predicted molar refractivity (Wildman–Crippen MR) is 71.4 cm³/mol. The third-order valence-corrected chi connectivity index (χ3v) is 2.69. The lowest BCUT2D eigenvalue weighted by molar-refractivity contribution is -0.156. The summed E-state index contributed by atoms with van der Waals surface area (Å²) in [4.78, 5) is 11.5. The summed E-state index contributed by atoms with van der Waals surface area (Å²) >= 11 is 0. The van der Waals surface area contributed by atoms with Gasteiger partial charge in [0, 0.05) is 6.61 Å². The fraction of sp³-hybridized carbons (Fsp3) is 0.533. The zero-order valence-corrected chi connectivity index (χ0v) is 11.2. The van der Waals surface area contributed by atoms with E-state index in [4.69, 9.17) is 9.47 Å². The quantitative estimate of drug-likeness (QED) is 0.525. The number of carbonyl (C=O) groups is 1. The van der Waals surface area contributed by atoms with Crippen LogP contribution in [-0.2, 0) is 20.7 Å². The van der Waals surface area contributed by atoms with Crippen molar-refractivity contribution >= 4 is 5.97 Å². The molecule has 0 N–H and O–H groups in total. The third-order valence-electron chi connectivity index (χ3n) is 2.69. The van der Waals surface area contributed by atoms with Crippen molar-refractivity contribution in [3.63, 3.8) is 0 Å². The summed E-state index contributed by atoms with van der Waals surface area (Å²) in [6, 6.07) is 10.3. The van der Waals surface area contributed by atoms with Crippen LogP contribution in [0.5, 0.6) is 0 Å². The molecule has 3 nitrogen and oxygen atoms in total. The molecule has 0 aromatic heterocycles. The van der Waals surface area contributed by atoms with Crippen molar-refractivity contribution in [1.82, 2.24) is 0 Å². The van der Waals surface area contributed by atoms with Gasteiger partial charge in [-0.15, -0.1) is 0 Å². The maximum absolute atomic E-state index is 11.5. The highest BCUT2D eigenvalue weighted by Gasteiger charge is 2.17. The van der Waals surface area contributed by atoms with E-state index in [0.29, 0.717) is 19.6 Å². The Kier molecular flexibility index (Phi) is 7.11. The van der Waals surface area contributed by atoms with Crippen molar-refractivity contribution in [2.75, 3.05) is 13.2 Å². The molecule has 0 amide bonds. The molecule has 1 aromatic rings. The van der Waals surface area contributed by atoms with Gasteiger partial charge in [0.25, 0.3) is 0 Å². The first-order valence-corrected chi connectivity index (χ1v) is 6.60. The third kappa shape index (κ3) is 5.32. The molecule has 0 aliphatic heterocycles. The molecule has 0 aliphatic carbocycles. The Balaban J connectivity index is 2.21. The van der Waals surface area contributed by atoms with Gasteiger partial charge in [0.15, 0.2) is 6.10 Å². The van der Waals surface area contributed by atoms with Gasteiger partial charge in [-0.3, -0.25) is 0 Å². The minimum Gasteiger partial charge on any atom is -0.464 e. The number of hydrogen-bond donors (Lipinski definition) is 0. The van der Waals surface area contributed by atoms with Crippen molar-refractivity contribution in [2.45, 2.75) is 39.2 Å². The SMILES string of the molecule is CCOC(=O)C(CC)OCCCc1ccccc1. The molecule has 0 radical (unpaired) electrons. The van der Waals surface area contributed by atoms with Crippen LogP contribution in [0.1, 0.15) is 32.3 Å². The van der Waals surface area contributed by atoms with Gasteiger partial charge in [-0.25, -0.2) is 4.79 Å². The topological polar surface area (TPSA) is 35.5 Å². The highest BCUT2D eigenvalue weighted by molar-refractivity contribution is 5.74. The fourth-order valence-electron chi connectivity index (χ4n) is 1.73. The average Bonchev–Trinajstić information content (AvgIpc) is 2.40. The number of rotatable bonds is 8. The summed E-state index contributed by atoms with van der Waals surface area (Å²) < 4.78 is 10.5. The lowest BCUT2D eigenvalue weighted by Crippen LogP contribution is -2.26. The van der Waals surface area contributed by atoms with Gasteiger partial charge in [-0.2, -0.15) is 0 Å². The van der Waals surface area contributed by atoms with Crippen LogP contribution < -0.4 is 0 Å². The Labute approximate surface area is 109 Å². The zero-order valence-electron chi connectivity index (χ0n) is 11.2. The Morgan fingerprint density at radius 2 is 1.94 bits per heavy atom. The Morgan fingerprint density at radius 3 is 2.56 bits per heavy atom. The van der Waals surface area contributed by atoms with E-state index in [1.807, 2.05) is 25.1 Å². The minimum atomic E-state index is -0.416. The summed E-state index contributed by atoms with van der Waals surface area (Å²) in [7, 11) is 0. The van der Waals surface area contributed by atoms with E-state index in [1.54, 1.807) is 6.92 Å². The number of carbonyl (C=O) groups excluding carboxylic acids is 1. The molecule has 0 saturated carbocycles. The first kappa shape index (κ1) is 14.7. The monoisotopic (exact) mass is 250 g/mol. The molecular formula is C15H22O3. The lowest BCUT2D eigenvalue weighted by Gasteiger charge is -2.14. The summed E-state index contributed by atoms with van der Waals surface area (Å²) in [5.74, 6) is -0.250. The van der Waals surface area contributed by atoms with Crippen LogP contribution in [-0.4, -0.2) is 25.3 Å². The molecule has 3 heteroatoms. The molecule has 0 fully saturated rings. The molecule has 100 valence electrons. The summed E-state index contributed by atoms with van der Waals surface area (Å²) in [6.45, 7) is 4.73. The van der Waals surface area contributed by atoms with Crippen LogP contribution >= 0.6 is 0 Å². The molecule has 1 rings (SSSR count). The van der Waals surface area contributed by atoms with Crippen LogP contribution in [0.3, 0.4) is 0 Å². The van der Waals surface area contributed by atoms with Gasteiger partial charge in [-0.05, 0) is 31.7 Å². The van der Waals surface area contributed by atoms with Gasteiger partial charge in [0.2, 0.25) is 0 Å². The van der Waals surface area contributed by atoms with Gasteiger partial charge in [0.1, 0.15) is 0 Å². The Bertz CT molecular complexity index is 335. The number of benzene rings is 1. The average molecular weight is 250 g/mol. The molecule has 18 heavy (non-hydrogen) atoms. The van der Waals surface area contributed by atoms with E-state index in [2.05, 4.69) is 12.1 Å². The predicted octanol–water partition coefficient (Wildman–Crippen LogP) is 2.98. The Morgan fingerprint density at radius 1 is 1.22 bits per heavy atom. The summed E-state index contributed by atoms with van der Waals surface area (Å²) in [5, 5.41) is 0. The summed E-state index contributed by atoms with van der Waals surface area (Å²) in [5.41, 5.74) is 1.30. The maximum atomic E-state index is 11.5. The van der Waals surface area contributed by atoms with Gasteiger partial charge < -0.3 is 9.47 Å². The van der Waals surface area contributed by atoms with E-state index >= 15 is 0 Å². The van der Waals surface area contributed by atoms with Crippen LogP contribution in [0.25, 0.3) is 0 Å². The molecule has 1 aromatic carbocycles. The second-order valence-corrected chi connectivity index (χ2v) is 4.11. The lowest BCUT2D eigenvalue weighted by atomic mass is 10.1. The van der Waals surface area contributed by atoms with Gasteiger partial charge in [0.05, 0.1) is 6.61 Å². The van der Waals surface area contributed by atoms with Crippen molar-refractivity contribution < 1.29 is 14.3 Å². The van der Waals surface area contributed by atoms with Crippen molar-refractivity contribution in [1.29, 1.82) is 0 Å². The number of esters is 1. The standard InChI is InChI=1S/C15H22O3/c1-3-14(15(16)17-4-2)18-12-8-11-13-9-6-5-7-10-13/h5-7,9-10,14H,3-4,8,11-12H2,1-2H3. The van der Waals surface area contributed by atoms with Crippen LogP contribution in [0, 0.1) is 0 Å². The first-order chi connectivity index (χ1) is 8.77. The van der Waals surface area contributed by atoms with E-state index in [0.717, 1.165) is 12.8 Å². The first-order valence-electron chi connectivity index (χ1n) is 6.60. The molecule has 0 spiro atoms. The molecule has 1 unspecified atom stereocenters. The van der Waals surface area contributed by atoms with Crippen molar-refractivity contribution in [2.24, 2.45) is 0 Å². The van der Waals surface area contributed by atoms with Crippen LogP contribution in [0.4, 0.5) is 0 Å². The number of hydrogen-bond acceptors (Lipinski definition) is 3. The fourth-order valence-corrected chi connectivity index (χ4v) is 1.73. The minimum absolute atomic E-state index is 0.250. The molecule has 0 heterocycles. The zero-order chi connectivity index (χ0) is 13.2. The van der Waals surface area contributed by atoms with Crippen LogP contribution in [0.2, 0.25) is 0 Å². The van der Waals surface area contributed by atoms with Crippen molar-refractivity contribution in [3.8, 4) is 0 Å². The van der Waals surface area contributed by atoms with E-state index in [-0.39, 0.29) is 5.97 Å². The van der Waals surface area contributed by atoms with E-state index in [1.165, 1.54) is 5.56 Å². The van der Waals surface area contributed by atoms with E-state index < -0.39 is 6.10 Å². The molecule has 0 bridgehead atoms.